The van der Waals surface area contributed by atoms with Crippen molar-refractivity contribution in [3.05, 3.63) is 12.2 Å². The number of Topliss-reactive ketones (excluding diaryl/α,β-unsaturated/α-hetero) is 1. The second kappa shape index (κ2) is 17.7. The van der Waals surface area contributed by atoms with Gasteiger partial charge in [0.15, 0.2) is 0 Å². The van der Waals surface area contributed by atoms with Crippen LogP contribution < -0.4 is 0 Å². The molecule has 0 aromatic carbocycles. The van der Waals surface area contributed by atoms with E-state index in [1.807, 2.05) is 0 Å². The van der Waals surface area contributed by atoms with Crippen LogP contribution in [0.4, 0.5) is 0 Å². The van der Waals surface area contributed by atoms with Crippen molar-refractivity contribution < 1.29 is 19.4 Å². The highest BCUT2D eigenvalue weighted by atomic mass is 16.5. The standard InChI is InChI=1S/C21H38O4/c1-19(22)15-11-9-10-13-17-20(23)16-12-7-5-3-4-6-8-14-18-21(24)25-2/h7,12,20,23H,3-6,8-11,13-18H2,1-2H3/b12-7+. The summed E-state index contributed by atoms with van der Waals surface area (Å²) in [4.78, 5) is 21.8. The molecule has 0 aromatic heterocycles. The van der Waals surface area contributed by atoms with E-state index in [9.17, 15) is 14.7 Å². The summed E-state index contributed by atoms with van der Waals surface area (Å²) in [5, 5.41) is 9.92. The Morgan fingerprint density at radius 2 is 1.48 bits per heavy atom. The van der Waals surface area contributed by atoms with E-state index in [0.717, 1.165) is 64.2 Å². The van der Waals surface area contributed by atoms with Gasteiger partial charge in [0, 0.05) is 12.8 Å². The molecule has 0 radical (unpaired) electrons. The van der Waals surface area contributed by atoms with E-state index in [0.29, 0.717) is 12.8 Å². The number of aliphatic hydroxyl groups is 1. The van der Waals surface area contributed by atoms with Crippen molar-refractivity contribution in [3.8, 4) is 0 Å². The quantitative estimate of drug-likeness (QED) is 0.223. The molecule has 0 fully saturated rings. The third-order valence-corrected chi connectivity index (χ3v) is 4.37. The van der Waals surface area contributed by atoms with E-state index < -0.39 is 0 Å². The Bertz CT molecular complexity index is 363. The summed E-state index contributed by atoms with van der Waals surface area (Å²) in [5.41, 5.74) is 0. The predicted octanol–water partition coefficient (Wildman–Crippen LogP) is 5.13. The summed E-state index contributed by atoms with van der Waals surface area (Å²) < 4.78 is 4.61. The largest absolute Gasteiger partial charge is 0.469 e. The monoisotopic (exact) mass is 354 g/mol. The molecule has 4 nitrogen and oxygen atoms in total. The fourth-order valence-corrected chi connectivity index (χ4v) is 2.76. The molecular weight excluding hydrogens is 316 g/mol. The van der Waals surface area contributed by atoms with Crippen molar-refractivity contribution in [2.24, 2.45) is 0 Å². The molecule has 0 aliphatic rings. The summed E-state index contributed by atoms with van der Waals surface area (Å²) in [6, 6.07) is 0. The van der Waals surface area contributed by atoms with Crippen molar-refractivity contribution in [3.63, 3.8) is 0 Å². The zero-order valence-electron chi connectivity index (χ0n) is 16.3. The SMILES string of the molecule is COC(=O)CCCCCCC/C=C/CC(O)CCCCCCC(C)=O. The van der Waals surface area contributed by atoms with Crippen LogP contribution in [0.5, 0.6) is 0 Å². The van der Waals surface area contributed by atoms with Gasteiger partial charge >= 0.3 is 5.97 Å². The lowest BCUT2D eigenvalue weighted by Crippen LogP contribution is -2.04. The Morgan fingerprint density at radius 3 is 2.16 bits per heavy atom. The molecule has 25 heavy (non-hydrogen) atoms. The van der Waals surface area contributed by atoms with E-state index in [1.54, 1.807) is 6.92 Å². The van der Waals surface area contributed by atoms with Gasteiger partial charge in [-0.3, -0.25) is 4.79 Å². The maximum Gasteiger partial charge on any atom is 0.305 e. The number of hydrogen-bond donors (Lipinski definition) is 1. The van der Waals surface area contributed by atoms with E-state index in [2.05, 4.69) is 16.9 Å². The second-order valence-electron chi connectivity index (χ2n) is 6.90. The van der Waals surface area contributed by atoms with Gasteiger partial charge in [-0.2, -0.15) is 0 Å². The second-order valence-corrected chi connectivity index (χ2v) is 6.90. The summed E-state index contributed by atoms with van der Waals surface area (Å²) >= 11 is 0. The van der Waals surface area contributed by atoms with Gasteiger partial charge < -0.3 is 14.6 Å². The Balaban J connectivity index is 3.32. The molecule has 146 valence electrons. The van der Waals surface area contributed by atoms with Crippen LogP contribution in [0.25, 0.3) is 0 Å². The van der Waals surface area contributed by atoms with Gasteiger partial charge in [-0.1, -0.05) is 50.7 Å². The molecule has 0 rings (SSSR count). The topological polar surface area (TPSA) is 63.6 Å². The molecule has 0 bridgehead atoms. The Labute approximate surface area is 154 Å². The Hall–Kier alpha value is -1.16. The van der Waals surface area contributed by atoms with E-state index in [-0.39, 0.29) is 17.9 Å². The maximum atomic E-state index is 10.9. The summed E-state index contributed by atoms with van der Waals surface area (Å²) in [5.74, 6) is 0.156. The number of carbonyl (C=O) groups excluding carboxylic acids is 2. The number of ketones is 1. The van der Waals surface area contributed by atoms with Crippen molar-refractivity contribution in [2.75, 3.05) is 7.11 Å². The van der Waals surface area contributed by atoms with Gasteiger partial charge in [0.2, 0.25) is 0 Å². The van der Waals surface area contributed by atoms with E-state index >= 15 is 0 Å². The Kier molecular flexibility index (Phi) is 16.8. The summed E-state index contributed by atoms with van der Waals surface area (Å²) in [6.45, 7) is 1.64. The molecule has 0 heterocycles. The van der Waals surface area contributed by atoms with Crippen molar-refractivity contribution in [1.82, 2.24) is 0 Å². The van der Waals surface area contributed by atoms with Crippen LogP contribution in [0, 0.1) is 0 Å². The third-order valence-electron chi connectivity index (χ3n) is 4.37. The van der Waals surface area contributed by atoms with Crippen LogP contribution in [-0.2, 0) is 14.3 Å². The first-order valence-corrected chi connectivity index (χ1v) is 9.95. The molecule has 0 aromatic rings. The van der Waals surface area contributed by atoms with Crippen LogP contribution in [0.2, 0.25) is 0 Å². The number of allylic oxidation sites excluding steroid dienone is 1. The van der Waals surface area contributed by atoms with Gasteiger partial charge in [0.1, 0.15) is 5.78 Å². The van der Waals surface area contributed by atoms with Gasteiger partial charge in [0.05, 0.1) is 13.2 Å². The minimum absolute atomic E-state index is 0.113. The van der Waals surface area contributed by atoms with Crippen LogP contribution in [0.15, 0.2) is 12.2 Å². The molecule has 0 aliphatic carbocycles. The van der Waals surface area contributed by atoms with Crippen LogP contribution >= 0.6 is 0 Å². The average Bonchev–Trinajstić information content (AvgIpc) is 2.59. The Morgan fingerprint density at radius 1 is 0.880 bits per heavy atom. The van der Waals surface area contributed by atoms with Crippen LogP contribution in [-0.4, -0.2) is 30.1 Å². The smallest absolute Gasteiger partial charge is 0.305 e. The molecule has 0 saturated carbocycles. The predicted molar refractivity (Wildman–Crippen MR) is 102 cm³/mol. The highest BCUT2D eigenvalue weighted by Crippen LogP contribution is 2.11. The number of aliphatic hydroxyl groups excluding tert-OH is 1. The molecule has 1 N–H and O–H groups in total. The number of ether oxygens (including phenoxy) is 1. The first kappa shape index (κ1) is 23.8. The highest BCUT2D eigenvalue weighted by molar-refractivity contribution is 5.75. The number of unbranched alkanes of at least 4 members (excludes halogenated alkanes) is 8. The lowest BCUT2D eigenvalue weighted by molar-refractivity contribution is -0.140. The first-order chi connectivity index (χ1) is 12.1. The van der Waals surface area contributed by atoms with Gasteiger partial charge in [-0.05, 0) is 45.4 Å². The molecule has 1 unspecified atom stereocenters. The summed E-state index contributed by atoms with van der Waals surface area (Å²) in [6.07, 6.45) is 17.6. The van der Waals surface area contributed by atoms with Crippen LogP contribution in [0.1, 0.15) is 96.8 Å². The normalized spacial score (nSPS) is 12.4. The van der Waals surface area contributed by atoms with E-state index in [4.69, 9.17) is 0 Å². The van der Waals surface area contributed by atoms with Gasteiger partial charge in [-0.15, -0.1) is 0 Å². The average molecular weight is 355 g/mol. The number of hydrogen-bond acceptors (Lipinski definition) is 4. The minimum Gasteiger partial charge on any atom is -0.469 e. The molecule has 0 saturated heterocycles. The molecule has 0 aliphatic heterocycles. The summed E-state index contributed by atoms with van der Waals surface area (Å²) in [7, 11) is 1.43. The molecular formula is C21H38O4. The fraction of sp³-hybridized carbons (Fsp3) is 0.810. The highest BCUT2D eigenvalue weighted by Gasteiger charge is 2.02. The minimum atomic E-state index is -0.234. The third kappa shape index (κ3) is 19.0. The van der Waals surface area contributed by atoms with Crippen molar-refractivity contribution in [2.45, 2.75) is 103 Å². The molecule has 1 atom stereocenters. The van der Waals surface area contributed by atoms with Crippen molar-refractivity contribution in [1.29, 1.82) is 0 Å². The number of rotatable bonds is 17. The lowest BCUT2D eigenvalue weighted by atomic mass is 10.0. The first-order valence-electron chi connectivity index (χ1n) is 9.95. The fourth-order valence-electron chi connectivity index (χ4n) is 2.76. The van der Waals surface area contributed by atoms with Crippen LogP contribution in [0.3, 0.4) is 0 Å². The molecule has 4 heteroatoms. The maximum absolute atomic E-state index is 10.9. The number of methoxy groups -OCH3 is 1. The van der Waals surface area contributed by atoms with E-state index in [1.165, 1.54) is 20.0 Å². The zero-order valence-corrected chi connectivity index (χ0v) is 16.3. The molecule has 0 spiro atoms. The van der Waals surface area contributed by atoms with Crippen molar-refractivity contribution >= 4 is 11.8 Å². The zero-order chi connectivity index (χ0) is 18.8. The number of carbonyl (C=O) groups is 2. The number of esters is 1. The molecule has 0 amide bonds. The van der Waals surface area contributed by atoms with Gasteiger partial charge in [0.25, 0.3) is 0 Å². The lowest BCUT2D eigenvalue weighted by Gasteiger charge is -2.07. The van der Waals surface area contributed by atoms with Gasteiger partial charge in [-0.25, -0.2) is 0 Å².